The van der Waals surface area contributed by atoms with Crippen LogP contribution in [0.3, 0.4) is 0 Å². The van der Waals surface area contributed by atoms with Crippen LogP contribution in [0.5, 0.6) is 0 Å². The van der Waals surface area contributed by atoms with E-state index in [2.05, 4.69) is 17.9 Å². The zero-order chi connectivity index (χ0) is 5.11. The molecule has 36 valence electrons. The van der Waals surface area contributed by atoms with Crippen molar-refractivity contribution in [2.45, 2.75) is 0 Å². The molecule has 0 unspecified atom stereocenters. The molecule has 2 nitrogen and oxygen atoms in total. The maximum absolute atomic E-state index is 3.84. The number of aliphatic imine (C=N–C) groups is 1. The van der Waals surface area contributed by atoms with Crippen LogP contribution in [0.4, 0.5) is 0 Å². The van der Waals surface area contributed by atoms with Crippen LogP contribution in [0.2, 0.25) is 0 Å². The fourth-order valence-corrected chi connectivity index (χ4v) is 0.481. The molecule has 0 amide bonds. The van der Waals surface area contributed by atoms with Crippen molar-refractivity contribution in [3.63, 3.8) is 0 Å². The highest BCUT2D eigenvalue weighted by molar-refractivity contribution is 5.58. The van der Waals surface area contributed by atoms with Gasteiger partial charge in [0.1, 0.15) is 6.20 Å². The maximum Gasteiger partial charge on any atom is 0.316 e. The van der Waals surface area contributed by atoms with Crippen molar-refractivity contribution in [3.05, 3.63) is 12.8 Å². The van der Waals surface area contributed by atoms with Crippen molar-refractivity contribution in [1.82, 2.24) is 4.90 Å². The molecule has 0 aliphatic carbocycles. The largest absolute Gasteiger partial charge is 0.316 e. The average molecular weight is 95.1 g/mol. The molecule has 0 atom stereocenters. The molecule has 0 aromatic heterocycles. The number of rotatable bonds is 1. The van der Waals surface area contributed by atoms with E-state index >= 15 is 0 Å². The van der Waals surface area contributed by atoms with Gasteiger partial charge in [-0.25, -0.2) is 0 Å². The Morgan fingerprint density at radius 3 is 3.00 bits per heavy atom. The fourth-order valence-electron chi connectivity index (χ4n) is 0.481. The summed E-state index contributed by atoms with van der Waals surface area (Å²) in [6, 6.07) is 0. The lowest BCUT2D eigenvalue weighted by molar-refractivity contribution is 0.626. The first-order valence-corrected chi connectivity index (χ1v) is 2.25. The molecule has 7 heavy (non-hydrogen) atoms. The normalized spacial score (nSPS) is 16.9. The van der Waals surface area contributed by atoms with Crippen molar-refractivity contribution < 1.29 is 0 Å². The second-order valence-corrected chi connectivity index (χ2v) is 1.36. The molecule has 0 aromatic rings. The van der Waals surface area contributed by atoms with Crippen LogP contribution >= 0.6 is 0 Å². The third-order valence-electron chi connectivity index (χ3n) is 0.872. The molecule has 0 radical (unpaired) electrons. The molecule has 0 fully saturated rings. The second kappa shape index (κ2) is 1.71. The van der Waals surface area contributed by atoms with Crippen molar-refractivity contribution in [3.8, 4) is 0 Å². The van der Waals surface area contributed by atoms with Gasteiger partial charge in [0, 0.05) is 6.58 Å². The van der Waals surface area contributed by atoms with Gasteiger partial charge < -0.3 is 0 Å². The van der Waals surface area contributed by atoms with Gasteiger partial charge in [-0.05, 0) is 0 Å². The minimum atomic E-state index is 0.867. The van der Waals surface area contributed by atoms with E-state index in [1.807, 2.05) is 4.90 Å². The van der Waals surface area contributed by atoms with Gasteiger partial charge in [0.05, 0.1) is 13.1 Å². The van der Waals surface area contributed by atoms with Gasteiger partial charge in [-0.15, -0.1) is 9.89 Å². The molecule has 1 aliphatic rings. The Morgan fingerprint density at radius 2 is 2.71 bits per heavy atom. The Hall–Kier alpha value is -0.880. The van der Waals surface area contributed by atoms with E-state index in [4.69, 9.17) is 0 Å². The summed E-state index contributed by atoms with van der Waals surface area (Å²) < 4.78 is 0. The van der Waals surface area contributed by atoms with Crippen LogP contribution in [0.1, 0.15) is 0 Å². The van der Waals surface area contributed by atoms with Gasteiger partial charge in [-0.1, -0.05) is 0 Å². The summed E-state index contributed by atoms with van der Waals surface area (Å²) >= 11 is 0. The van der Waals surface area contributed by atoms with Gasteiger partial charge in [0.2, 0.25) is 0 Å². The Kier molecular flexibility index (Phi) is 1.05. The molecule has 0 saturated carbocycles. The van der Waals surface area contributed by atoms with Crippen molar-refractivity contribution in [2.75, 3.05) is 13.1 Å². The first-order chi connectivity index (χ1) is 3.43. The molecule has 0 saturated heterocycles. The molecule has 0 bridgehead atoms. The number of hydrogen-bond donors (Lipinski definition) is 0. The lowest BCUT2D eigenvalue weighted by Gasteiger charge is -1.86. The highest BCUT2D eigenvalue weighted by Crippen LogP contribution is 1.90. The molecule has 1 rings (SSSR count). The molecule has 0 spiro atoms. The summed E-state index contributed by atoms with van der Waals surface area (Å²) in [5.41, 5.74) is 0. The van der Waals surface area contributed by atoms with E-state index in [1.165, 1.54) is 0 Å². The molecule has 0 aromatic carbocycles. The highest BCUT2D eigenvalue weighted by atomic mass is 15.2. The van der Waals surface area contributed by atoms with Gasteiger partial charge >= 0.3 is 6.34 Å². The Labute approximate surface area is 43.2 Å². The quantitative estimate of drug-likeness (QED) is 0.429. The first kappa shape index (κ1) is 4.28. The molecular formula is C5H7N2+. The molecule has 2 heteroatoms. The zero-order valence-corrected chi connectivity index (χ0v) is 4.09. The topological polar surface area (TPSA) is 15.6 Å². The minimum absolute atomic E-state index is 0.867. The van der Waals surface area contributed by atoms with Crippen LogP contribution < -0.4 is 0 Å². The number of nitrogens with zero attached hydrogens (tertiary/aromatic N) is 2. The van der Waals surface area contributed by atoms with E-state index in [9.17, 15) is 0 Å². The van der Waals surface area contributed by atoms with Gasteiger partial charge in [0.15, 0.2) is 0 Å². The molecule has 0 N–H and O–H groups in total. The van der Waals surface area contributed by atoms with E-state index in [1.54, 1.807) is 6.20 Å². The van der Waals surface area contributed by atoms with E-state index < -0.39 is 0 Å². The molecule has 1 heterocycles. The third kappa shape index (κ3) is 0.756. The standard InChI is InChI=1S/C5H7N2/c1-2-7-4-3-6-5-7/h2H,1,3-4H2/q+1. The van der Waals surface area contributed by atoms with Crippen molar-refractivity contribution in [1.29, 1.82) is 0 Å². The summed E-state index contributed by atoms with van der Waals surface area (Å²) in [7, 11) is 0. The Bertz CT molecular complexity index is 96.3. The predicted octanol–water partition coefficient (Wildman–Crippen LogP) is 0.351. The van der Waals surface area contributed by atoms with Gasteiger partial charge in [-0.3, -0.25) is 0 Å². The summed E-state index contributed by atoms with van der Waals surface area (Å²) in [5, 5.41) is 0. The Morgan fingerprint density at radius 1 is 1.86 bits per heavy atom. The smallest absolute Gasteiger partial charge is 0.136 e. The van der Waals surface area contributed by atoms with Crippen LogP contribution in [-0.2, 0) is 0 Å². The lowest BCUT2D eigenvalue weighted by atomic mass is 10.6. The van der Waals surface area contributed by atoms with Crippen molar-refractivity contribution >= 4 is 6.34 Å². The highest BCUT2D eigenvalue weighted by Gasteiger charge is 2.10. The second-order valence-electron chi connectivity index (χ2n) is 1.36. The lowest BCUT2D eigenvalue weighted by Crippen LogP contribution is -2.09. The fraction of sp³-hybridized carbons (Fsp3) is 0.400. The molecule has 1 aliphatic heterocycles. The predicted molar refractivity (Wildman–Crippen MR) is 29.2 cm³/mol. The minimum Gasteiger partial charge on any atom is -0.136 e. The van der Waals surface area contributed by atoms with Gasteiger partial charge in [0.25, 0.3) is 0 Å². The number of hydrogen-bond acceptors (Lipinski definition) is 2. The van der Waals surface area contributed by atoms with Crippen LogP contribution in [0, 0.1) is 0 Å². The monoisotopic (exact) mass is 95.1 g/mol. The molecular weight excluding hydrogens is 88.1 g/mol. The Balaban J connectivity index is 2.42. The summed E-state index contributed by atoms with van der Waals surface area (Å²) in [5.74, 6) is 0. The van der Waals surface area contributed by atoms with Gasteiger partial charge in [-0.2, -0.15) is 0 Å². The van der Waals surface area contributed by atoms with Crippen molar-refractivity contribution in [2.24, 2.45) is 4.99 Å². The van der Waals surface area contributed by atoms with Crippen LogP contribution in [0.25, 0.3) is 0 Å². The summed E-state index contributed by atoms with van der Waals surface area (Å²) in [4.78, 5) is 5.67. The SMILES string of the molecule is C=CN1[C+]=NCC1. The van der Waals surface area contributed by atoms with Crippen LogP contribution in [0.15, 0.2) is 17.8 Å². The van der Waals surface area contributed by atoms with Crippen LogP contribution in [-0.4, -0.2) is 24.3 Å². The zero-order valence-electron chi connectivity index (χ0n) is 4.09. The van der Waals surface area contributed by atoms with E-state index in [0.29, 0.717) is 0 Å². The summed E-state index contributed by atoms with van der Waals surface area (Å²) in [6.45, 7) is 5.36. The third-order valence-corrected chi connectivity index (χ3v) is 0.872. The van der Waals surface area contributed by atoms with E-state index in [0.717, 1.165) is 13.1 Å². The summed E-state index contributed by atoms with van der Waals surface area (Å²) in [6.07, 6.45) is 4.47. The maximum atomic E-state index is 3.84. The first-order valence-electron chi connectivity index (χ1n) is 2.25. The average Bonchev–Trinajstić information content (AvgIpc) is 2.14. The van der Waals surface area contributed by atoms with E-state index in [-0.39, 0.29) is 0 Å².